The lowest BCUT2D eigenvalue weighted by molar-refractivity contribution is 0.179. The fourth-order valence-electron chi connectivity index (χ4n) is 2.83. The highest BCUT2D eigenvalue weighted by atomic mass is 32.2. The second-order valence-electron chi connectivity index (χ2n) is 6.32. The summed E-state index contributed by atoms with van der Waals surface area (Å²) < 4.78 is 38.3. The third-order valence-electron chi connectivity index (χ3n) is 4.13. The van der Waals surface area contributed by atoms with Crippen molar-refractivity contribution in [1.29, 1.82) is 0 Å². The van der Waals surface area contributed by atoms with Gasteiger partial charge in [0.25, 0.3) is 10.0 Å². The average molecular weight is 438 g/mol. The maximum absolute atomic E-state index is 13.3. The van der Waals surface area contributed by atoms with Gasteiger partial charge in [0.15, 0.2) is 5.11 Å². The van der Waals surface area contributed by atoms with Crippen molar-refractivity contribution in [2.75, 3.05) is 37.0 Å². The molecule has 2 aromatic rings. The van der Waals surface area contributed by atoms with Crippen LogP contribution in [0.25, 0.3) is 0 Å². The molecular formula is C20H27N3O4S2. The monoisotopic (exact) mass is 437 g/mol. The Balaban J connectivity index is 2.34. The SMILES string of the molecule is CCN(c1ccccc1)S(=O)(=O)c1ccc(OC)c(NC(=S)NC(C)COC)c1. The standard InChI is InChI=1S/C20H27N3O4S2/c1-5-23(16-9-7-6-8-10-16)29(24,25)17-11-12-19(27-4)18(13-17)22-20(28)21-15(2)14-26-3/h6-13,15H,5,14H2,1-4H3,(H2,21,22,28). The number of hydrogen-bond acceptors (Lipinski definition) is 5. The number of sulfonamides is 1. The minimum atomic E-state index is -3.77. The maximum atomic E-state index is 13.3. The fourth-order valence-corrected chi connectivity index (χ4v) is 4.64. The summed E-state index contributed by atoms with van der Waals surface area (Å²) in [6, 6.07) is 13.6. The highest BCUT2D eigenvalue weighted by molar-refractivity contribution is 7.92. The first-order valence-corrected chi connectivity index (χ1v) is 11.0. The number of nitrogens with one attached hydrogen (secondary N) is 2. The smallest absolute Gasteiger partial charge is 0.264 e. The molecule has 0 amide bonds. The van der Waals surface area contributed by atoms with E-state index in [1.807, 2.05) is 13.0 Å². The molecule has 29 heavy (non-hydrogen) atoms. The predicted octanol–water partition coefficient (Wildman–Crippen LogP) is 3.23. The molecule has 0 aromatic heterocycles. The topological polar surface area (TPSA) is 79.9 Å². The van der Waals surface area contributed by atoms with Crippen LogP contribution >= 0.6 is 12.2 Å². The van der Waals surface area contributed by atoms with Gasteiger partial charge in [-0.3, -0.25) is 4.31 Å². The number of para-hydroxylation sites is 1. The number of rotatable bonds is 9. The van der Waals surface area contributed by atoms with Crippen molar-refractivity contribution in [3.63, 3.8) is 0 Å². The molecule has 0 radical (unpaired) electrons. The van der Waals surface area contributed by atoms with Gasteiger partial charge in [-0.1, -0.05) is 18.2 Å². The predicted molar refractivity (Wildman–Crippen MR) is 120 cm³/mol. The van der Waals surface area contributed by atoms with Crippen LogP contribution in [0.1, 0.15) is 13.8 Å². The Kier molecular flexibility index (Phi) is 8.24. The van der Waals surface area contributed by atoms with Crippen molar-refractivity contribution in [2.45, 2.75) is 24.8 Å². The van der Waals surface area contributed by atoms with Crippen molar-refractivity contribution < 1.29 is 17.9 Å². The first-order valence-electron chi connectivity index (χ1n) is 9.15. The van der Waals surface area contributed by atoms with Crippen LogP contribution in [0.4, 0.5) is 11.4 Å². The Labute approximate surface area is 178 Å². The van der Waals surface area contributed by atoms with E-state index in [1.54, 1.807) is 44.4 Å². The molecule has 2 aromatic carbocycles. The number of hydrogen-bond donors (Lipinski definition) is 2. The third-order valence-corrected chi connectivity index (χ3v) is 6.25. The number of nitrogens with zero attached hydrogens (tertiary/aromatic N) is 1. The van der Waals surface area contributed by atoms with E-state index in [0.29, 0.717) is 35.4 Å². The Hall–Kier alpha value is -2.36. The van der Waals surface area contributed by atoms with Gasteiger partial charge in [-0.25, -0.2) is 8.42 Å². The molecule has 0 spiro atoms. The molecule has 9 heteroatoms. The summed E-state index contributed by atoms with van der Waals surface area (Å²) in [5, 5.41) is 6.44. The molecule has 158 valence electrons. The van der Waals surface area contributed by atoms with Crippen molar-refractivity contribution in [3.05, 3.63) is 48.5 Å². The van der Waals surface area contributed by atoms with Gasteiger partial charge in [0.2, 0.25) is 0 Å². The zero-order valence-corrected chi connectivity index (χ0v) is 18.6. The van der Waals surface area contributed by atoms with Crippen LogP contribution in [0.3, 0.4) is 0 Å². The van der Waals surface area contributed by atoms with Gasteiger partial charge >= 0.3 is 0 Å². The summed E-state index contributed by atoms with van der Waals surface area (Å²) in [5.41, 5.74) is 1.06. The Bertz CT molecular complexity index is 921. The number of ether oxygens (including phenoxy) is 2. The normalized spacial score (nSPS) is 12.1. The first-order chi connectivity index (χ1) is 13.8. The van der Waals surface area contributed by atoms with E-state index in [4.69, 9.17) is 21.7 Å². The number of benzene rings is 2. The van der Waals surface area contributed by atoms with E-state index < -0.39 is 10.0 Å². The van der Waals surface area contributed by atoms with E-state index in [-0.39, 0.29) is 10.9 Å². The van der Waals surface area contributed by atoms with E-state index in [1.165, 1.54) is 23.5 Å². The van der Waals surface area contributed by atoms with Crippen LogP contribution in [0, 0.1) is 0 Å². The molecule has 7 nitrogen and oxygen atoms in total. The summed E-state index contributed by atoms with van der Waals surface area (Å²) in [6.07, 6.45) is 0. The first kappa shape index (κ1) is 22.9. The Morgan fingerprint density at radius 3 is 2.45 bits per heavy atom. The highest BCUT2D eigenvalue weighted by Crippen LogP contribution is 2.30. The number of methoxy groups -OCH3 is 2. The quantitative estimate of drug-likeness (QED) is 0.583. The lowest BCUT2D eigenvalue weighted by Gasteiger charge is -2.24. The molecule has 1 atom stereocenters. The van der Waals surface area contributed by atoms with E-state index in [0.717, 1.165) is 0 Å². The maximum Gasteiger partial charge on any atom is 0.264 e. The van der Waals surface area contributed by atoms with Gasteiger partial charge in [0, 0.05) is 19.7 Å². The highest BCUT2D eigenvalue weighted by Gasteiger charge is 2.25. The van der Waals surface area contributed by atoms with Crippen LogP contribution < -0.4 is 19.7 Å². The Morgan fingerprint density at radius 1 is 1.17 bits per heavy atom. The lowest BCUT2D eigenvalue weighted by Crippen LogP contribution is -2.38. The molecule has 0 saturated heterocycles. The van der Waals surface area contributed by atoms with Crippen molar-refractivity contribution in [1.82, 2.24) is 5.32 Å². The van der Waals surface area contributed by atoms with Gasteiger partial charge in [-0.2, -0.15) is 0 Å². The van der Waals surface area contributed by atoms with Crippen molar-refractivity contribution in [3.8, 4) is 5.75 Å². The minimum Gasteiger partial charge on any atom is -0.495 e. The molecule has 0 aliphatic rings. The van der Waals surface area contributed by atoms with Crippen molar-refractivity contribution in [2.24, 2.45) is 0 Å². The van der Waals surface area contributed by atoms with Gasteiger partial charge in [-0.15, -0.1) is 0 Å². The second-order valence-corrected chi connectivity index (χ2v) is 8.59. The zero-order chi connectivity index (χ0) is 21.4. The second kappa shape index (κ2) is 10.4. The van der Waals surface area contributed by atoms with Crippen LogP contribution in [-0.4, -0.2) is 46.9 Å². The zero-order valence-electron chi connectivity index (χ0n) is 17.0. The molecule has 0 saturated carbocycles. The lowest BCUT2D eigenvalue weighted by atomic mass is 10.3. The molecule has 2 N–H and O–H groups in total. The van der Waals surface area contributed by atoms with Crippen LogP contribution in [-0.2, 0) is 14.8 Å². The molecule has 0 bridgehead atoms. The average Bonchev–Trinajstić information content (AvgIpc) is 2.69. The molecule has 0 fully saturated rings. The van der Waals surface area contributed by atoms with E-state index in [9.17, 15) is 8.42 Å². The van der Waals surface area contributed by atoms with E-state index in [2.05, 4.69) is 10.6 Å². The van der Waals surface area contributed by atoms with E-state index >= 15 is 0 Å². The molecule has 0 aliphatic carbocycles. The molecule has 0 aliphatic heterocycles. The van der Waals surface area contributed by atoms with Gasteiger partial charge in [0.1, 0.15) is 5.75 Å². The van der Waals surface area contributed by atoms with Crippen LogP contribution in [0.15, 0.2) is 53.4 Å². The molecule has 0 heterocycles. The number of thiocarbonyl (C=S) groups is 1. The Morgan fingerprint density at radius 2 is 1.86 bits per heavy atom. The van der Waals surface area contributed by atoms with Gasteiger partial charge in [-0.05, 0) is 56.4 Å². The summed E-state index contributed by atoms with van der Waals surface area (Å²) in [4.78, 5) is 0.138. The minimum absolute atomic E-state index is 0.00780. The van der Waals surface area contributed by atoms with Gasteiger partial charge < -0.3 is 20.1 Å². The van der Waals surface area contributed by atoms with Gasteiger partial charge in [0.05, 0.1) is 30.0 Å². The van der Waals surface area contributed by atoms with Crippen LogP contribution in [0.5, 0.6) is 5.75 Å². The number of anilines is 2. The van der Waals surface area contributed by atoms with Crippen molar-refractivity contribution >= 4 is 38.7 Å². The van der Waals surface area contributed by atoms with Crippen LogP contribution in [0.2, 0.25) is 0 Å². The largest absolute Gasteiger partial charge is 0.495 e. The molecule has 1 unspecified atom stereocenters. The summed E-state index contributed by atoms with van der Waals surface area (Å²) in [6.45, 7) is 4.50. The fraction of sp³-hybridized carbons (Fsp3) is 0.350. The summed E-state index contributed by atoms with van der Waals surface area (Å²) >= 11 is 5.33. The third kappa shape index (κ3) is 5.81. The molecule has 2 rings (SSSR count). The molecular weight excluding hydrogens is 410 g/mol. The summed E-state index contributed by atoms with van der Waals surface area (Å²) in [7, 11) is -0.641. The summed E-state index contributed by atoms with van der Waals surface area (Å²) in [5.74, 6) is 0.482.